The highest BCUT2D eigenvalue weighted by Gasteiger charge is 2.17. The molecule has 0 fully saturated rings. The van der Waals surface area contributed by atoms with E-state index < -0.39 is 10.0 Å². The van der Waals surface area contributed by atoms with Gasteiger partial charge in [0, 0.05) is 13.0 Å². The molecule has 0 saturated heterocycles. The van der Waals surface area contributed by atoms with Crippen LogP contribution in [0.25, 0.3) is 11.0 Å². The maximum Gasteiger partial charge on any atom is 0.238 e. The minimum Gasteiger partial charge on any atom is -0.328 e. The lowest BCUT2D eigenvalue weighted by atomic mass is 10.3. The Hall–Kier alpha value is -1.40. The van der Waals surface area contributed by atoms with Crippen molar-refractivity contribution in [2.75, 3.05) is 0 Å². The van der Waals surface area contributed by atoms with E-state index in [0.29, 0.717) is 5.52 Å². The summed E-state index contributed by atoms with van der Waals surface area (Å²) in [6, 6.07) is 4.85. The zero-order valence-electron chi connectivity index (χ0n) is 8.55. The highest BCUT2D eigenvalue weighted by Crippen LogP contribution is 2.24. The Labute approximate surface area is 92.9 Å². The maximum atomic E-state index is 11.2. The van der Waals surface area contributed by atoms with Crippen LogP contribution in [0.15, 0.2) is 23.1 Å². The van der Waals surface area contributed by atoms with Gasteiger partial charge in [-0.15, -0.1) is 0 Å². The average Bonchev–Trinajstić information content (AvgIpc) is 2.74. The lowest BCUT2D eigenvalue weighted by Gasteiger charge is -2.00. The first-order valence-electron chi connectivity index (χ1n) is 5.08. The van der Waals surface area contributed by atoms with E-state index in [1.165, 1.54) is 12.1 Å². The molecule has 6 heteroatoms. The van der Waals surface area contributed by atoms with Crippen LogP contribution in [0.2, 0.25) is 0 Å². The van der Waals surface area contributed by atoms with Gasteiger partial charge >= 0.3 is 0 Å². The summed E-state index contributed by atoms with van der Waals surface area (Å²) in [5.41, 5.74) is 1.70. The average molecular weight is 237 g/mol. The molecular weight excluding hydrogens is 226 g/mol. The Morgan fingerprint density at radius 3 is 2.94 bits per heavy atom. The fourth-order valence-corrected chi connectivity index (χ4v) is 2.71. The number of sulfonamides is 1. The smallest absolute Gasteiger partial charge is 0.238 e. The highest BCUT2D eigenvalue weighted by molar-refractivity contribution is 7.89. The summed E-state index contributed by atoms with van der Waals surface area (Å²) < 4.78 is 24.5. The molecule has 1 aliphatic rings. The van der Waals surface area contributed by atoms with Crippen LogP contribution in [0, 0.1) is 0 Å². The van der Waals surface area contributed by atoms with Crippen molar-refractivity contribution in [3.05, 3.63) is 24.0 Å². The third-order valence-electron chi connectivity index (χ3n) is 2.91. The number of hydrogen-bond acceptors (Lipinski definition) is 3. The summed E-state index contributed by atoms with van der Waals surface area (Å²) in [7, 11) is -3.64. The molecule has 0 spiro atoms. The first-order valence-corrected chi connectivity index (χ1v) is 6.62. The monoisotopic (exact) mass is 237 g/mol. The van der Waals surface area contributed by atoms with Gasteiger partial charge in [-0.05, 0) is 24.6 Å². The Bertz CT molecular complexity index is 673. The summed E-state index contributed by atoms with van der Waals surface area (Å²) in [6.07, 6.45) is 2.06. The zero-order chi connectivity index (χ0) is 11.3. The molecule has 5 nitrogen and oxygen atoms in total. The second-order valence-electron chi connectivity index (χ2n) is 3.98. The van der Waals surface area contributed by atoms with Crippen LogP contribution in [0.1, 0.15) is 12.2 Å². The fraction of sp³-hybridized carbons (Fsp3) is 0.300. The predicted octanol–water partition coefficient (Wildman–Crippen LogP) is 0.630. The molecule has 1 aliphatic heterocycles. The van der Waals surface area contributed by atoms with Gasteiger partial charge in [0.15, 0.2) is 0 Å². The zero-order valence-corrected chi connectivity index (χ0v) is 9.37. The van der Waals surface area contributed by atoms with Crippen LogP contribution < -0.4 is 5.14 Å². The van der Waals surface area contributed by atoms with Crippen LogP contribution in [-0.2, 0) is 23.0 Å². The molecule has 1 aromatic carbocycles. The van der Waals surface area contributed by atoms with E-state index in [2.05, 4.69) is 9.55 Å². The number of benzene rings is 1. The molecule has 1 aromatic heterocycles. The summed E-state index contributed by atoms with van der Waals surface area (Å²) >= 11 is 0. The third kappa shape index (κ3) is 1.34. The third-order valence-corrected chi connectivity index (χ3v) is 3.82. The molecule has 0 bridgehead atoms. The van der Waals surface area contributed by atoms with Crippen LogP contribution in [0.3, 0.4) is 0 Å². The molecule has 0 saturated carbocycles. The van der Waals surface area contributed by atoms with Gasteiger partial charge in [0.05, 0.1) is 15.9 Å². The number of primary sulfonamides is 1. The van der Waals surface area contributed by atoms with Gasteiger partial charge in [-0.1, -0.05) is 0 Å². The Morgan fingerprint density at radius 1 is 1.38 bits per heavy atom. The van der Waals surface area contributed by atoms with Gasteiger partial charge in [0.1, 0.15) is 5.82 Å². The van der Waals surface area contributed by atoms with Crippen molar-refractivity contribution < 1.29 is 8.42 Å². The van der Waals surface area contributed by atoms with Gasteiger partial charge in [-0.2, -0.15) is 0 Å². The number of aromatic nitrogens is 2. The summed E-state index contributed by atoms with van der Waals surface area (Å²) in [6.45, 7) is 0.959. The van der Waals surface area contributed by atoms with Crippen LogP contribution in [-0.4, -0.2) is 18.0 Å². The Morgan fingerprint density at radius 2 is 2.19 bits per heavy atom. The molecule has 0 atom stereocenters. The summed E-state index contributed by atoms with van der Waals surface area (Å²) in [5.74, 6) is 1.03. The topological polar surface area (TPSA) is 78.0 Å². The number of nitrogens with zero attached hydrogens (tertiary/aromatic N) is 2. The van der Waals surface area contributed by atoms with Crippen molar-refractivity contribution in [3.63, 3.8) is 0 Å². The van der Waals surface area contributed by atoms with Gasteiger partial charge in [0.25, 0.3) is 0 Å². The van der Waals surface area contributed by atoms with Crippen LogP contribution in [0.4, 0.5) is 0 Å². The van der Waals surface area contributed by atoms with Gasteiger partial charge < -0.3 is 4.57 Å². The molecule has 2 heterocycles. The molecule has 16 heavy (non-hydrogen) atoms. The van der Waals surface area contributed by atoms with E-state index in [9.17, 15) is 8.42 Å². The predicted molar refractivity (Wildman–Crippen MR) is 59.4 cm³/mol. The first-order chi connectivity index (χ1) is 7.55. The second-order valence-corrected chi connectivity index (χ2v) is 5.54. The lowest BCUT2D eigenvalue weighted by Crippen LogP contribution is -2.11. The van der Waals surface area contributed by atoms with E-state index in [1.807, 2.05) is 0 Å². The van der Waals surface area contributed by atoms with Gasteiger partial charge in [-0.25, -0.2) is 18.5 Å². The lowest BCUT2D eigenvalue weighted by molar-refractivity contribution is 0.598. The van der Waals surface area contributed by atoms with Gasteiger partial charge in [-0.3, -0.25) is 0 Å². The molecule has 84 valence electrons. The molecular formula is C10H11N3O2S. The number of fused-ring (bicyclic) bond motifs is 3. The second kappa shape index (κ2) is 3.05. The maximum absolute atomic E-state index is 11.2. The highest BCUT2D eigenvalue weighted by atomic mass is 32.2. The molecule has 0 radical (unpaired) electrons. The van der Waals surface area contributed by atoms with Gasteiger partial charge in [0.2, 0.25) is 10.0 Å². The number of nitrogens with two attached hydrogens (primary N) is 1. The number of hydrogen-bond donors (Lipinski definition) is 1. The van der Waals surface area contributed by atoms with E-state index in [1.54, 1.807) is 6.07 Å². The minimum absolute atomic E-state index is 0.122. The van der Waals surface area contributed by atoms with E-state index >= 15 is 0 Å². The molecule has 0 aliphatic carbocycles. The van der Waals surface area contributed by atoms with Crippen molar-refractivity contribution in [1.29, 1.82) is 0 Å². The summed E-state index contributed by atoms with van der Waals surface area (Å²) in [4.78, 5) is 4.53. The molecule has 2 aromatic rings. The van der Waals surface area contributed by atoms with Crippen molar-refractivity contribution in [2.24, 2.45) is 5.14 Å². The van der Waals surface area contributed by atoms with Crippen molar-refractivity contribution in [3.8, 4) is 0 Å². The Balaban J connectivity index is 2.28. The standard InChI is InChI=1S/C10H11N3O2S/c11-16(14,15)7-3-4-9-8(6-7)12-10-2-1-5-13(9)10/h3-4,6H,1-2,5H2,(H2,11,14,15). The van der Waals surface area contributed by atoms with Crippen LogP contribution in [0.5, 0.6) is 0 Å². The van der Waals surface area contributed by atoms with Crippen molar-refractivity contribution in [2.45, 2.75) is 24.3 Å². The van der Waals surface area contributed by atoms with E-state index in [4.69, 9.17) is 5.14 Å². The Kier molecular flexibility index (Phi) is 1.87. The van der Waals surface area contributed by atoms with Crippen molar-refractivity contribution in [1.82, 2.24) is 9.55 Å². The number of imidazole rings is 1. The summed E-state index contributed by atoms with van der Waals surface area (Å²) in [5, 5.41) is 5.08. The first kappa shape index (κ1) is 9.80. The van der Waals surface area contributed by atoms with E-state index in [-0.39, 0.29) is 4.90 Å². The molecule has 0 amide bonds. The quantitative estimate of drug-likeness (QED) is 0.790. The SMILES string of the molecule is NS(=O)(=O)c1ccc2c(c1)nc1n2CCC1. The molecule has 0 unspecified atom stereocenters. The van der Waals surface area contributed by atoms with E-state index in [0.717, 1.165) is 30.7 Å². The largest absolute Gasteiger partial charge is 0.328 e. The molecule has 2 N–H and O–H groups in total. The fourth-order valence-electron chi connectivity index (χ4n) is 2.17. The van der Waals surface area contributed by atoms with Crippen molar-refractivity contribution >= 4 is 21.1 Å². The minimum atomic E-state index is -3.64. The number of aryl methyl sites for hydroxylation is 2. The van der Waals surface area contributed by atoms with Crippen LogP contribution >= 0.6 is 0 Å². The normalized spacial score (nSPS) is 15.6. The number of rotatable bonds is 1. The molecule has 3 rings (SSSR count).